The Labute approximate surface area is 171 Å². The van der Waals surface area contributed by atoms with E-state index in [4.69, 9.17) is 4.74 Å². The highest BCUT2D eigenvalue weighted by Gasteiger charge is 2.26. The smallest absolute Gasteiger partial charge is 0.326 e. The van der Waals surface area contributed by atoms with Gasteiger partial charge in [-0.15, -0.1) is 0 Å². The van der Waals surface area contributed by atoms with Crippen LogP contribution in [0, 0.1) is 5.92 Å². The molecule has 1 fully saturated rings. The van der Waals surface area contributed by atoms with Crippen molar-refractivity contribution in [3.8, 4) is 0 Å². The topological polar surface area (TPSA) is 84.5 Å². The standard InChI is InChI=1S/C23H28N2O4/c1-15-7-3-6-10-20(15)25-22(27)16(2)29-21(26)14-24-23(28)19-12-11-17-8-4-5-9-18(17)13-19/h4-5,8-9,11-13,15-16,20H,3,6-7,10,14H2,1-2H3,(H,24,28)(H,25,27)/t15-,16+,20-/m1/s1. The van der Waals surface area contributed by atoms with E-state index in [1.165, 1.54) is 6.42 Å². The van der Waals surface area contributed by atoms with Gasteiger partial charge in [-0.05, 0) is 48.6 Å². The van der Waals surface area contributed by atoms with Crippen LogP contribution in [0.5, 0.6) is 0 Å². The van der Waals surface area contributed by atoms with Gasteiger partial charge in [-0.1, -0.05) is 50.1 Å². The van der Waals surface area contributed by atoms with Gasteiger partial charge in [-0.2, -0.15) is 0 Å². The van der Waals surface area contributed by atoms with Crippen molar-refractivity contribution >= 4 is 28.6 Å². The Kier molecular flexibility index (Phi) is 6.86. The number of hydrogen-bond acceptors (Lipinski definition) is 4. The zero-order valence-corrected chi connectivity index (χ0v) is 16.9. The van der Waals surface area contributed by atoms with Crippen molar-refractivity contribution in [2.45, 2.75) is 51.7 Å². The van der Waals surface area contributed by atoms with Crippen molar-refractivity contribution in [1.29, 1.82) is 0 Å². The van der Waals surface area contributed by atoms with Crippen molar-refractivity contribution in [2.24, 2.45) is 5.92 Å². The lowest BCUT2D eigenvalue weighted by atomic mass is 9.86. The minimum atomic E-state index is -0.894. The van der Waals surface area contributed by atoms with E-state index >= 15 is 0 Å². The molecule has 3 rings (SSSR count). The summed E-state index contributed by atoms with van der Waals surface area (Å²) in [6, 6.07) is 13.2. The van der Waals surface area contributed by atoms with E-state index in [-0.39, 0.29) is 24.4 Å². The van der Waals surface area contributed by atoms with Gasteiger partial charge in [0.25, 0.3) is 11.8 Å². The Hall–Kier alpha value is -2.89. The van der Waals surface area contributed by atoms with Gasteiger partial charge in [0.05, 0.1) is 0 Å². The van der Waals surface area contributed by atoms with E-state index in [1.54, 1.807) is 19.1 Å². The molecule has 29 heavy (non-hydrogen) atoms. The van der Waals surface area contributed by atoms with E-state index in [0.717, 1.165) is 30.0 Å². The van der Waals surface area contributed by atoms with Crippen LogP contribution >= 0.6 is 0 Å². The summed E-state index contributed by atoms with van der Waals surface area (Å²) < 4.78 is 5.18. The number of hydrogen-bond donors (Lipinski definition) is 2. The highest BCUT2D eigenvalue weighted by Crippen LogP contribution is 2.23. The highest BCUT2D eigenvalue weighted by molar-refractivity contribution is 5.99. The zero-order chi connectivity index (χ0) is 20.8. The van der Waals surface area contributed by atoms with E-state index in [9.17, 15) is 14.4 Å². The molecule has 2 aromatic rings. The number of rotatable bonds is 6. The molecule has 3 atom stereocenters. The van der Waals surface area contributed by atoms with Crippen LogP contribution in [0.2, 0.25) is 0 Å². The zero-order valence-electron chi connectivity index (χ0n) is 16.9. The van der Waals surface area contributed by atoms with Crippen molar-refractivity contribution in [3.63, 3.8) is 0 Å². The summed E-state index contributed by atoms with van der Waals surface area (Å²) in [4.78, 5) is 36.7. The minimum Gasteiger partial charge on any atom is -0.451 e. The second kappa shape index (κ2) is 9.54. The molecule has 6 heteroatoms. The van der Waals surface area contributed by atoms with E-state index < -0.39 is 12.1 Å². The number of benzene rings is 2. The third kappa shape index (κ3) is 5.56. The fourth-order valence-corrected chi connectivity index (χ4v) is 3.71. The molecule has 0 aliphatic heterocycles. The van der Waals surface area contributed by atoms with Crippen LogP contribution in [0.25, 0.3) is 10.8 Å². The lowest BCUT2D eigenvalue weighted by molar-refractivity contribution is -0.154. The van der Waals surface area contributed by atoms with Crippen LogP contribution in [0.1, 0.15) is 49.9 Å². The molecule has 1 saturated carbocycles. The molecular formula is C23H28N2O4. The van der Waals surface area contributed by atoms with Gasteiger partial charge < -0.3 is 15.4 Å². The van der Waals surface area contributed by atoms with Crippen LogP contribution in [-0.2, 0) is 14.3 Å². The lowest BCUT2D eigenvalue weighted by Crippen LogP contribution is -2.46. The highest BCUT2D eigenvalue weighted by atomic mass is 16.5. The first-order valence-electron chi connectivity index (χ1n) is 10.2. The van der Waals surface area contributed by atoms with Gasteiger partial charge in [0.2, 0.25) is 0 Å². The molecule has 1 aliphatic carbocycles. The predicted octanol–water partition coefficient (Wildman–Crippen LogP) is 3.20. The Bertz CT molecular complexity index is 895. The number of amides is 2. The number of ether oxygens (including phenoxy) is 1. The summed E-state index contributed by atoms with van der Waals surface area (Å²) in [5.41, 5.74) is 0.466. The van der Waals surface area contributed by atoms with Crippen molar-refractivity contribution in [1.82, 2.24) is 10.6 Å². The van der Waals surface area contributed by atoms with Crippen molar-refractivity contribution < 1.29 is 19.1 Å². The molecule has 0 spiro atoms. The molecule has 6 nitrogen and oxygen atoms in total. The van der Waals surface area contributed by atoms with Gasteiger partial charge in [0.1, 0.15) is 6.54 Å². The Morgan fingerprint density at radius 2 is 1.79 bits per heavy atom. The van der Waals surface area contributed by atoms with Crippen molar-refractivity contribution in [2.75, 3.05) is 6.54 Å². The maximum atomic E-state index is 12.3. The fraction of sp³-hybridized carbons (Fsp3) is 0.435. The van der Waals surface area contributed by atoms with Crippen molar-refractivity contribution in [3.05, 3.63) is 48.0 Å². The average Bonchev–Trinajstić information content (AvgIpc) is 2.73. The molecule has 0 aromatic heterocycles. The van der Waals surface area contributed by atoms with Crippen LogP contribution in [0.3, 0.4) is 0 Å². The average molecular weight is 396 g/mol. The first-order valence-corrected chi connectivity index (χ1v) is 10.2. The monoisotopic (exact) mass is 396 g/mol. The number of carbonyl (C=O) groups excluding carboxylic acids is 3. The third-order valence-corrected chi connectivity index (χ3v) is 5.52. The SMILES string of the molecule is C[C@H](OC(=O)CNC(=O)c1ccc2ccccc2c1)C(=O)N[C@@H]1CCCC[C@H]1C. The van der Waals surface area contributed by atoms with Crippen LogP contribution in [-0.4, -0.2) is 36.5 Å². The normalized spacial score (nSPS) is 19.9. The molecule has 154 valence electrons. The second-order valence-corrected chi connectivity index (χ2v) is 7.75. The van der Waals surface area contributed by atoms with Crippen LogP contribution < -0.4 is 10.6 Å². The molecule has 2 N–H and O–H groups in total. The number of esters is 1. The summed E-state index contributed by atoms with van der Waals surface area (Å²) in [6.07, 6.45) is 3.45. The molecule has 0 bridgehead atoms. The molecular weight excluding hydrogens is 368 g/mol. The Balaban J connectivity index is 1.46. The largest absolute Gasteiger partial charge is 0.451 e. The third-order valence-electron chi connectivity index (χ3n) is 5.52. The summed E-state index contributed by atoms with van der Waals surface area (Å²) in [5, 5.41) is 7.52. The Morgan fingerprint density at radius 1 is 1.07 bits per heavy atom. The van der Waals surface area contributed by atoms with Gasteiger partial charge >= 0.3 is 5.97 Å². The summed E-state index contributed by atoms with van der Waals surface area (Å²) in [5.74, 6) is -0.867. The Morgan fingerprint density at radius 3 is 2.55 bits per heavy atom. The van der Waals surface area contributed by atoms with E-state index in [2.05, 4.69) is 17.6 Å². The van der Waals surface area contributed by atoms with E-state index in [1.807, 2.05) is 30.3 Å². The van der Waals surface area contributed by atoms with Gasteiger partial charge in [-0.25, -0.2) is 0 Å². The maximum Gasteiger partial charge on any atom is 0.326 e. The van der Waals surface area contributed by atoms with E-state index in [0.29, 0.717) is 11.5 Å². The summed E-state index contributed by atoms with van der Waals surface area (Å²) >= 11 is 0. The molecule has 2 aromatic carbocycles. The molecule has 0 unspecified atom stereocenters. The molecule has 0 heterocycles. The van der Waals surface area contributed by atoms with Gasteiger partial charge in [0, 0.05) is 11.6 Å². The van der Waals surface area contributed by atoms with Crippen LogP contribution in [0.4, 0.5) is 0 Å². The van der Waals surface area contributed by atoms with Gasteiger partial charge in [0.15, 0.2) is 6.10 Å². The number of fused-ring (bicyclic) bond motifs is 1. The molecule has 1 aliphatic rings. The molecule has 0 saturated heterocycles. The first-order chi connectivity index (χ1) is 13.9. The summed E-state index contributed by atoms with van der Waals surface area (Å²) in [6.45, 7) is 3.39. The number of carbonyl (C=O) groups is 3. The second-order valence-electron chi connectivity index (χ2n) is 7.75. The lowest BCUT2D eigenvalue weighted by Gasteiger charge is -2.30. The predicted molar refractivity (Wildman–Crippen MR) is 111 cm³/mol. The fourth-order valence-electron chi connectivity index (χ4n) is 3.71. The number of nitrogens with one attached hydrogen (secondary N) is 2. The first kappa shape index (κ1) is 20.8. The maximum absolute atomic E-state index is 12.3. The quantitative estimate of drug-likeness (QED) is 0.735. The van der Waals surface area contributed by atoms with Crippen LogP contribution in [0.15, 0.2) is 42.5 Å². The minimum absolute atomic E-state index is 0.130. The molecule has 2 amide bonds. The molecule has 0 radical (unpaired) electrons. The van der Waals surface area contributed by atoms with Gasteiger partial charge in [-0.3, -0.25) is 14.4 Å². The summed E-state index contributed by atoms with van der Waals surface area (Å²) in [7, 11) is 0.